The fourth-order valence-electron chi connectivity index (χ4n) is 3.29. The second kappa shape index (κ2) is 8.95. The van der Waals surface area contributed by atoms with Crippen LogP contribution < -0.4 is 0 Å². The van der Waals surface area contributed by atoms with Crippen molar-refractivity contribution in [2.75, 3.05) is 32.7 Å². The van der Waals surface area contributed by atoms with Gasteiger partial charge in [0, 0.05) is 50.3 Å². The molecule has 1 saturated heterocycles. The molecule has 1 aromatic heterocycles. The van der Waals surface area contributed by atoms with Gasteiger partial charge in [-0.1, -0.05) is 41.4 Å². The first-order valence-corrected chi connectivity index (χ1v) is 10.2. The number of piperazine rings is 1. The first-order valence-electron chi connectivity index (χ1n) is 9.44. The van der Waals surface area contributed by atoms with Crippen molar-refractivity contribution in [3.8, 4) is 11.5 Å². The van der Waals surface area contributed by atoms with Gasteiger partial charge in [-0.3, -0.25) is 9.69 Å². The van der Waals surface area contributed by atoms with E-state index in [9.17, 15) is 4.79 Å². The smallest absolute Gasteiger partial charge is 0.253 e. The van der Waals surface area contributed by atoms with E-state index in [1.54, 1.807) is 18.2 Å². The van der Waals surface area contributed by atoms with Crippen molar-refractivity contribution in [1.82, 2.24) is 20.0 Å². The molecule has 0 aliphatic carbocycles. The monoisotopic (exact) mass is 430 g/mol. The first kappa shape index (κ1) is 19.9. The van der Waals surface area contributed by atoms with Gasteiger partial charge in [0.05, 0.1) is 10.0 Å². The number of hydrogen-bond donors (Lipinski definition) is 0. The minimum absolute atomic E-state index is 0.0207. The van der Waals surface area contributed by atoms with Gasteiger partial charge in [-0.25, -0.2) is 0 Å². The van der Waals surface area contributed by atoms with E-state index in [0.717, 1.165) is 25.2 Å². The van der Waals surface area contributed by atoms with Gasteiger partial charge < -0.3 is 9.32 Å². The quantitative estimate of drug-likeness (QED) is 0.610. The molecule has 4 rings (SSSR count). The summed E-state index contributed by atoms with van der Waals surface area (Å²) in [7, 11) is 0. The molecule has 1 aliphatic heterocycles. The number of halogens is 2. The zero-order valence-electron chi connectivity index (χ0n) is 15.7. The van der Waals surface area contributed by atoms with Gasteiger partial charge in [0.1, 0.15) is 0 Å². The molecule has 1 aliphatic rings. The third-order valence-corrected chi connectivity index (χ3v) is 5.69. The third-order valence-electron chi connectivity index (χ3n) is 4.96. The largest absolute Gasteiger partial charge is 0.421 e. The molecule has 1 amide bonds. The molecular formula is C21H20Cl2N4O2. The molecule has 0 bridgehead atoms. The van der Waals surface area contributed by atoms with Crippen molar-refractivity contribution in [3.05, 3.63) is 70.0 Å². The molecule has 6 nitrogen and oxygen atoms in total. The van der Waals surface area contributed by atoms with Crippen LogP contribution in [0.4, 0.5) is 0 Å². The van der Waals surface area contributed by atoms with Crippen molar-refractivity contribution < 1.29 is 9.21 Å². The lowest BCUT2D eigenvalue weighted by Gasteiger charge is -2.34. The van der Waals surface area contributed by atoms with Gasteiger partial charge in [-0.05, 0) is 30.3 Å². The van der Waals surface area contributed by atoms with E-state index in [4.69, 9.17) is 27.6 Å². The van der Waals surface area contributed by atoms with E-state index < -0.39 is 0 Å². The molecule has 0 saturated carbocycles. The van der Waals surface area contributed by atoms with Crippen LogP contribution in [0.3, 0.4) is 0 Å². The Labute approximate surface area is 179 Å². The number of rotatable bonds is 5. The number of amides is 1. The van der Waals surface area contributed by atoms with Gasteiger partial charge in [0.2, 0.25) is 11.8 Å². The van der Waals surface area contributed by atoms with Gasteiger partial charge in [-0.15, -0.1) is 10.2 Å². The highest BCUT2D eigenvalue weighted by atomic mass is 35.5. The summed E-state index contributed by atoms with van der Waals surface area (Å²) >= 11 is 12.0. The Kier molecular flexibility index (Phi) is 6.13. The summed E-state index contributed by atoms with van der Waals surface area (Å²) in [6.45, 7) is 3.74. The number of aromatic nitrogens is 2. The Hall–Kier alpha value is -2.41. The lowest BCUT2D eigenvalue weighted by atomic mass is 10.2. The number of carbonyl (C=O) groups is 1. The van der Waals surface area contributed by atoms with E-state index in [-0.39, 0.29) is 5.91 Å². The fraction of sp³-hybridized carbons (Fsp3) is 0.286. The molecule has 3 aromatic rings. The van der Waals surface area contributed by atoms with Crippen LogP contribution in [0, 0.1) is 0 Å². The molecule has 29 heavy (non-hydrogen) atoms. The molecule has 1 fully saturated rings. The van der Waals surface area contributed by atoms with E-state index in [1.807, 2.05) is 35.2 Å². The van der Waals surface area contributed by atoms with E-state index in [0.29, 0.717) is 46.9 Å². The van der Waals surface area contributed by atoms with Gasteiger partial charge in [0.25, 0.3) is 5.91 Å². The van der Waals surface area contributed by atoms with Gasteiger partial charge in [-0.2, -0.15) is 0 Å². The lowest BCUT2D eigenvalue weighted by Crippen LogP contribution is -2.49. The fourth-order valence-corrected chi connectivity index (χ4v) is 3.59. The molecule has 2 heterocycles. The maximum atomic E-state index is 12.7. The molecule has 150 valence electrons. The first-order chi connectivity index (χ1) is 14.1. The number of hydrogen-bond acceptors (Lipinski definition) is 5. The Balaban J connectivity index is 1.27. The maximum Gasteiger partial charge on any atom is 0.253 e. The Morgan fingerprint density at radius 1 is 0.966 bits per heavy atom. The molecule has 2 aromatic carbocycles. The van der Waals surface area contributed by atoms with Crippen LogP contribution in [0.1, 0.15) is 16.2 Å². The number of nitrogens with zero attached hydrogens (tertiary/aromatic N) is 4. The Morgan fingerprint density at radius 3 is 2.45 bits per heavy atom. The lowest BCUT2D eigenvalue weighted by molar-refractivity contribution is 0.0636. The average Bonchev–Trinajstić information content (AvgIpc) is 3.24. The topological polar surface area (TPSA) is 62.5 Å². The SMILES string of the molecule is O=C(c1ccc(Cl)c(Cl)c1)N1CCN(CCc2nnc(-c3ccccc3)o2)CC1. The standard InChI is InChI=1S/C21H20Cl2N4O2/c22-17-7-6-16(14-18(17)23)21(28)27-12-10-26(11-13-27)9-8-19-24-25-20(29-19)15-4-2-1-3-5-15/h1-7,14H,8-13H2. The molecule has 0 spiro atoms. The summed E-state index contributed by atoms with van der Waals surface area (Å²) in [6.07, 6.45) is 0.681. The second-order valence-corrected chi connectivity index (χ2v) is 7.69. The van der Waals surface area contributed by atoms with Crippen molar-refractivity contribution in [2.45, 2.75) is 6.42 Å². The maximum absolute atomic E-state index is 12.7. The van der Waals surface area contributed by atoms with Crippen LogP contribution in [-0.4, -0.2) is 58.6 Å². The van der Waals surface area contributed by atoms with Crippen molar-refractivity contribution in [1.29, 1.82) is 0 Å². The van der Waals surface area contributed by atoms with Crippen LogP contribution in [0.15, 0.2) is 52.9 Å². The second-order valence-electron chi connectivity index (χ2n) is 6.88. The van der Waals surface area contributed by atoms with Gasteiger partial charge in [0.15, 0.2) is 0 Å². The van der Waals surface area contributed by atoms with Crippen molar-refractivity contribution in [3.63, 3.8) is 0 Å². The summed E-state index contributed by atoms with van der Waals surface area (Å²) in [5.41, 5.74) is 1.48. The average molecular weight is 431 g/mol. The molecule has 0 radical (unpaired) electrons. The zero-order chi connectivity index (χ0) is 20.2. The summed E-state index contributed by atoms with van der Waals surface area (Å²) in [5.74, 6) is 1.14. The molecular weight excluding hydrogens is 411 g/mol. The minimum Gasteiger partial charge on any atom is -0.421 e. The third kappa shape index (κ3) is 4.78. The van der Waals surface area contributed by atoms with Crippen molar-refractivity contribution in [2.24, 2.45) is 0 Å². The summed E-state index contributed by atoms with van der Waals surface area (Å²) in [4.78, 5) is 16.8. The van der Waals surface area contributed by atoms with Crippen LogP contribution in [0.25, 0.3) is 11.5 Å². The summed E-state index contributed by atoms with van der Waals surface area (Å²) in [6, 6.07) is 14.7. The van der Waals surface area contributed by atoms with E-state index in [2.05, 4.69) is 15.1 Å². The normalized spacial score (nSPS) is 14.9. The van der Waals surface area contributed by atoms with Crippen LogP contribution in [0.5, 0.6) is 0 Å². The Morgan fingerprint density at radius 2 is 1.72 bits per heavy atom. The number of carbonyl (C=O) groups excluding carboxylic acids is 1. The molecule has 0 N–H and O–H groups in total. The highest BCUT2D eigenvalue weighted by molar-refractivity contribution is 6.42. The zero-order valence-corrected chi connectivity index (χ0v) is 17.2. The molecule has 0 unspecified atom stereocenters. The Bertz CT molecular complexity index is 985. The predicted molar refractivity (Wildman–Crippen MR) is 112 cm³/mol. The van der Waals surface area contributed by atoms with Crippen molar-refractivity contribution >= 4 is 29.1 Å². The number of benzene rings is 2. The van der Waals surface area contributed by atoms with E-state index >= 15 is 0 Å². The highest BCUT2D eigenvalue weighted by Crippen LogP contribution is 2.23. The highest BCUT2D eigenvalue weighted by Gasteiger charge is 2.23. The van der Waals surface area contributed by atoms with E-state index in [1.165, 1.54) is 0 Å². The minimum atomic E-state index is -0.0207. The summed E-state index contributed by atoms with van der Waals surface area (Å²) < 4.78 is 5.76. The van der Waals surface area contributed by atoms with Crippen LogP contribution in [-0.2, 0) is 6.42 Å². The molecule has 0 atom stereocenters. The van der Waals surface area contributed by atoms with Crippen LogP contribution in [0.2, 0.25) is 10.0 Å². The van der Waals surface area contributed by atoms with Gasteiger partial charge >= 0.3 is 0 Å². The summed E-state index contributed by atoms with van der Waals surface area (Å²) in [5, 5.41) is 9.11. The van der Waals surface area contributed by atoms with Crippen LogP contribution >= 0.6 is 23.2 Å². The molecule has 8 heteroatoms. The predicted octanol–water partition coefficient (Wildman–Crippen LogP) is 4.04.